The molecule has 5 nitrogen and oxygen atoms in total. The Morgan fingerprint density at radius 2 is 1.92 bits per heavy atom. The van der Waals surface area contributed by atoms with Crippen LogP contribution < -0.4 is 5.32 Å². The predicted octanol–water partition coefficient (Wildman–Crippen LogP) is 3.36. The van der Waals surface area contributed by atoms with Crippen LogP contribution in [-0.4, -0.2) is 38.0 Å². The maximum Gasteiger partial charge on any atom is 0.417 e. The molecule has 1 amide bonds. The van der Waals surface area contributed by atoms with Crippen LogP contribution in [0.1, 0.15) is 25.3 Å². The third-order valence-corrected chi connectivity index (χ3v) is 4.72. The number of halogens is 4. The Balaban J connectivity index is 2.75. The second-order valence-corrected chi connectivity index (χ2v) is 7.54. The molecule has 0 aliphatic carbocycles. The van der Waals surface area contributed by atoms with Crippen LogP contribution in [0.25, 0.3) is 0 Å². The van der Waals surface area contributed by atoms with Crippen molar-refractivity contribution in [3.05, 3.63) is 28.8 Å². The van der Waals surface area contributed by atoms with Crippen molar-refractivity contribution in [3.8, 4) is 0 Å². The van der Waals surface area contributed by atoms with E-state index in [1.807, 2.05) is 0 Å². The highest BCUT2D eigenvalue weighted by Gasteiger charge is 2.33. The molecule has 1 N–H and O–H groups in total. The van der Waals surface area contributed by atoms with Crippen LogP contribution in [0.4, 0.5) is 18.9 Å². The van der Waals surface area contributed by atoms with Crippen LogP contribution in [0.2, 0.25) is 5.02 Å². The first kappa shape index (κ1) is 20.7. The van der Waals surface area contributed by atoms with Gasteiger partial charge >= 0.3 is 6.18 Å². The number of nitrogens with zero attached hydrogens (tertiary/aromatic N) is 1. The van der Waals surface area contributed by atoms with Crippen molar-refractivity contribution >= 4 is 33.2 Å². The van der Waals surface area contributed by atoms with Crippen molar-refractivity contribution in [2.45, 2.75) is 25.9 Å². The van der Waals surface area contributed by atoms with Crippen molar-refractivity contribution in [1.82, 2.24) is 4.31 Å². The molecular formula is C14H18ClF3N2O3S. The van der Waals surface area contributed by atoms with Gasteiger partial charge < -0.3 is 5.32 Å². The van der Waals surface area contributed by atoms with E-state index in [9.17, 15) is 26.4 Å². The molecule has 0 aliphatic heterocycles. The van der Waals surface area contributed by atoms with Gasteiger partial charge in [-0.2, -0.15) is 13.2 Å². The average Bonchev–Trinajstić information content (AvgIpc) is 2.43. The second kappa shape index (κ2) is 8.17. The lowest BCUT2D eigenvalue weighted by Gasteiger charge is -2.18. The highest BCUT2D eigenvalue weighted by Crippen LogP contribution is 2.36. The number of rotatable bonds is 7. The molecule has 0 saturated heterocycles. The van der Waals surface area contributed by atoms with Crippen molar-refractivity contribution in [1.29, 1.82) is 0 Å². The van der Waals surface area contributed by atoms with Gasteiger partial charge in [-0.05, 0) is 24.6 Å². The number of sulfonamides is 1. The van der Waals surface area contributed by atoms with E-state index in [4.69, 9.17) is 11.6 Å². The van der Waals surface area contributed by atoms with Gasteiger partial charge in [0.05, 0.1) is 16.8 Å². The molecule has 0 radical (unpaired) electrons. The zero-order valence-corrected chi connectivity index (χ0v) is 14.7. The number of amides is 1. The minimum absolute atomic E-state index is 0.0434. The Bertz CT molecular complexity index is 693. The largest absolute Gasteiger partial charge is 0.417 e. The Labute approximate surface area is 143 Å². The fraction of sp³-hybridized carbons (Fsp3) is 0.500. The first-order valence-corrected chi connectivity index (χ1v) is 9.29. The molecule has 0 heterocycles. The van der Waals surface area contributed by atoms with Crippen molar-refractivity contribution in [3.63, 3.8) is 0 Å². The predicted molar refractivity (Wildman–Crippen MR) is 86.4 cm³/mol. The average molecular weight is 387 g/mol. The Hall–Kier alpha value is -1.32. The summed E-state index contributed by atoms with van der Waals surface area (Å²) in [6, 6.07) is 3.02. The van der Waals surface area contributed by atoms with E-state index < -0.39 is 32.7 Å². The molecule has 1 rings (SSSR count). The molecule has 0 bridgehead atoms. The summed E-state index contributed by atoms with van der Waals surface area (Å²) in [7, 11) is -3.44. The van der Waals surface area contributed by atoms with E-state index in [0.29, 0.717) is 6.42 Å². The van der Waals surface area contributed by atoms with Gasteiger partial charge in [0.1, 0.15) is 0 Å². The SMILES string of the molecule is CCCN(CCC(=O)Nc1ccc(Cl)c(C(F)(F)F)c1)S(C)(=O)=O. The molecule has 0 atom stereocenters. The van der Waals surface area contributed by atoms with Crippen LogP contribution >= 0.6 is 11.6 Å². The van der Waals surface area contributed by atoms with E-state index >= 15 is 0 Å². The van der Waals surface area contributed by atoms with Gasteiger partial charge in [0.15, 0.2) is 0 Å². The summed E-state index contributed by atoms with van der Waals surface area (Å²) < 4.78 is 62.5. The van der Waals surface area contributed by atoms with Crippen molar-refractivity contribution in [2.24, 2.45) is 0 Å². The van der Waals surface area contributed by atoms with Crippen LogP contribution in [0.3, 0.4) is 0 Å². The number of hydrogen-bond acceptors (Lipinski definition) is 3. The van der Waals surface area contributed by atoms with E-state index in [1.54, 1.807) is 6.92 Å². The molecule has 0 spiro atoms. The third kappa shape index (κ3) is 6.29. The van der Waals surface area contributed by atoms with E-state index in [2.05, 4.69) is 5.32 Å². The molecule has 0 fully saturated rings. The molecule has 0 aromatic heterocycles. The zero-order valence-electron chi connectivity index (χ0n) is 13.2. The maximum absolute atomic E-state index is 12.8. The number of hydrogen-bond donors (Lipinski definition) is 1. The monoisotopic (exact) mass is 386 g/mol. The number of alkyl halides is 3. The lowest BCUT2D eigenvalue weighted by atomic mass is 10.2. The van der Waals surface area contributed by atoms with Gasteiger partial charge in [-0.3, -0.25) is 4.79 Å². The number of anilines is 1. The van der Waals surface area contributed by atoms with Crippen LogP contribution in [0, 0.1) is 0 Å². The van der Waals surface area contributed by atoms with E-state index in [1.165, 1.54) is 6.07 Å². The minimum atomic E-state index is -4.63. The second-order valence-electron chi connectivity index (χ2n) is 5.15. The summed E-state index contributed by atoms with van der Waals surface area (Å²) in [6.07, 6.45) is -3.18. The Morgan fingerprint density at radius 1 is 1.29 bits per heavy atom. The first-order chi connectivity index (χ1) is 10.9. The summed E-state index contributed by atoms with van der Waals surface area (Å²) in [6.45, 7) is 2.02. The minimum Gasteiger partial charge on any atom is -0.326 e. The summed E-state index contributed by atoms with van der Waals surface area (Å²) in [5.74, 6) is -0.588. The normalized spacial score (nSPS) is 12.5. The van der Waals surface area contributed by atoms with Crippen molar-refractivity contribution in [2.75, 3.05) is 24.7 Å². The topological polar surface area (TPSA) is 66.5 Å². The van der Waals surface area contributed by atoms with E-state index in [0.717, 1.165) is 22.7 Å². The summed E-state index contributed by atoms with van der Waals surface area (Å²) in [5.41, 5.74) is -1.11. The Kier molecular flexibility index (Phi) is 7.06. The van der Waals surface area contributed by atoms with Gasteiger partial charge in [-0.25, -0.2) is 12.7 Å². The van der Waals surface area contributed by atoms with Gasteiger partial charge in [0.2, 0.25) is 15.9 Å². The van der Waals surface area contributed by atoms with Crippen molar-refractivity contribution < 1.29 is 26.4 Å². The number of benzene rings is 1. The van der Waals surface area contributed by atoms with Crippen LogP contribution in [0.15, 0.2) is 18.2 Å². The number of nitrogens with one attached hydrogen (secondary N) is 1. The first-order valence-electron chi connectivity index (χ1n) is 7.07. The fourth-order valence-corrected chi connectivity index (χ4v) is 3.12. The molecule has 1 aromatic rings. The summed E-state index contributed by atoms with van der Waals surface area (Å²) in [4.78, 5) is 11.8. The summed E-state index contributed by atoms with van der Waals surface area (Å²) >= 11 is 5.50. The van der Waals surface area contributed by atoms with E-state index in [-0.39, 0.29) is 25.2 Å². The van der Waals surface area contributed by atoms with Crippen LogP contribution in [-0.2, 0) is 21.0 Å². The molecule has 1 aromatic carbocycles. The smallest absolute Gasteiger partial charge is 0.326 e. The molecule has 24 heavy (non-hydrogen) atoms. The number of carbonyl (C=O) groups is 1. The summed E-state index contributed by atoms with van der Waals surface area (Å²) in [5, 5.41) is 1.85. The Morgan fingerprint density at radius 3 is 2.42 bits per heavy atom. The lowest BCUT2D eigenvalue weighted by molar-refractivity contribution is -0.137. The highest BCUT2D eigenvalue weighted by molar-refractivity contribution is 7.88. The maximum atomic E-state index is 12.8. The van der Waals surface area contributed by atoms with Gasteiger partial charge in [-0.1, -0.05) is 18.5 Å². The molecule has 10 heteroatoms. The molecular weight excluding hydrogens is 369 g/mol. The van der Waals surface area contributed by atoms with Gasteiger partial charge in [0, 0.05) is 25.2 Å². The molecule has 0 saturated carbocycles. The van der Waals surface area contributed by atoms with Crippen LogP contribution in [0.5, 0.6) is 0 Å². The lowest BCUT2D eigenvalue weighted by Crippen LogP contribution is -2.33. The zero-order chi connectivity index (χ0) is 18.5. The quantitative estimate of drug-likeness (QED) is 0.781. The third-order valence-electron chi connectivity index (χ3n) is 3.09. The number of carbonyl (C=O) groups excluding carboxylic acids is 1. The van der Waals surface area contributed by atoms with Gasteiger partial charge in [0.25, 0.3) is 0 Å². The molecule has 0 unspecified atom stereocenters. The van der Waals surface area contributed by atoms with Gasteiger partial charge in [-0.15, -0.1) is 0 Å². The fourth-order valence-electron chi connectivity index (χ4n) is 1.96. The molecule has 0 aliphatic rings. The standard InChI is InChI=1S/C14H18ClF3N2O3S/c1-3-7-20(24(2,22)23)8-6-13(21)19-10-4-5-12(15)11(9-10)14(16,17)18/h4-5,9H,3,6-8H2,1-2H3,(H,19,21). The highest BCUT2D eigenvalue weighted by atomic mass is 35.5. The molecule has 136 valence electrons.